The lowest BCUT2D eigenvalue weighted by atomic mass is 10.1. The molecule has 0 bridgehead atoms. The molecular formula is C22H25ClN2O5S. The Hall–Kier alpha value is -2.71. The number of aliphatic carboxylic acids is 1. The number of alkyl carbamates (subject to hydrolysis) is 1. The molecule has 166 valence electrons. The van der Waals surface area contributed by atoms with E-state index in [1.54, 1.807) is 48.5 Å². The molecule has 9 heteroatoms. The van der Waals surface area contributed by atoms with Crippen molar-refractivity contribution in [2.45, 2.75) is 42.9 Å². The predicted molar refractivity (Wildman–Crippen MR) is 122 cm³/mol. The Morgan fingerprint density at radius 3 is 2.23 bits per heavy atom. The molecule has 2 amide bonds. The second-order valence-corrected chi connectivity index (χ2v) is 9.44. The number of amides is 2. The van der Waals surface area contributed by atoms with Crippen LogP contribution in [0.15, 0.2) is 53.4 Å². The standard InChI is InChI=1S/C22H25ClN2O5S/c1-22(2,3)25-21(29)30-13-12-18(20(27)28)31-17-10-4-14(5-11-17)19(26)24-16-8-6-15(23)7-9-16/h4-11,18H,12-13H2,1-3H3,(H,24,26)(H,25,29)(H,27,28). The fourth-order valence-corrected chi connectivity index (χ4v) is 3.48. The summed E-state index contributed by atoms with van der Waals surface area (Å²) in [5, 5.41) is 14.7. The van der Waals surface area contributed by atoms with Crippen molar-refractivity contribution < 1.29 is 24.2 Å². The SMILES string of the molecule is CC(C)(C)NC(=O)OCCC(Sc1ccc(C(=O)Nc2ccc(Cl)cc2)cc1)C(=O)O. The molecule has 2 rings (SSSR count). The van der Waals surface area contributed by atoms with Crippen LogP contribution in [0.5, 0.6) is 0 Å². The van der Waals surface area contributed by atoms with Crippen molar-refractivity contribution in [3.8, 4) is 0 Å². The van der Waals surface area contributed by atoms with Crippen LogP contribution in [-0.2, 0) is 9.53 Å². The first-order chi connectivity index (χ1) is 14.5. The lowest BCUT2D eigenvalue weighted by molar-refractivity contribution is -0.136. The number of anilines is 1. The molecule has 0 fully saturated rings. The van der Waals surface area contributed by atoms with Gasteiger partial charge in [0.2, 0.25) is 0 Å². The molecule has 7 nitrogen and oxygen atoms in total. The van der Waals surface area contributed by atoms with Crippen LogP contribution >= 0.6 is 23.4 Å². The van der Waals surface area contributed by atoms with E-state index in [4.69, 9.17) is 16.3 Å². The number of halogens is 1. The molecule has 0 spiro atoms. The third-order valence-electron chi connectivity index (χ3n) is 3.86. The molecule has 0 aliphatic rings. The normalized spacial score (nSPS) is 12.0. The number of hydrogen-bond acceptors (Lipinski definition) is 5. The summed E-state index contributed by atoms with van der Waals surface area (Å²) in [4.78, 5) is 36.3. The van der Waals surface area contributed by atoms with Crippen molar-refractivity contribution >= 4 is 47.0 Å². The van der Waals surface area contributed by atoms with Gasteiger partial charge in [0.05, 0.1) is 6.61 Å². The summed E-state index contributed by atoms with van der Waals surface area (Å²) < 4.78 is 5.06. The highest BCUT2D eigenvalue weighted by molar-refractivity contribution is 8.00. The molecule has 3 N–H and O–H groups in total. The van der Waals surface area contributed by atoms with Crippen LogP contribution in [0.25, 0.3) is 0 Å². The predicted octanol–water partition coefficient (Wildman–Crippen LogP) is 5.05. The van der Waals surface area contributed by atoms with Gasteiger partial charge in [0.15, 0.2) is 0 Å². The molecule has 0 aliphatic heterocycles. The number of ether oxygens (including phenoxy) is 1. The largest absolute Gasteiger partial charge is 0.480 e. The maximum Gasteiger partial charge on any atom is 0.407 e. The molecule has 0 aromatic heterocycles. The highest BCUT2D eigenvalue weighted by Gasteiger charge is 2.21. The number of rotatable bonds is 8. The van der Waals surface area contributed by atoms with Crippen LogP contribution < -0.4 is 10.6 Å². The zero-order valence-corrected chi connectivity index (χ0v) is 19.0. The molecule has 31 heavy (non-hydrogen) atoms. The number of thioether (sulfide) groups is 1. The second-order valence-electron chi connectivity index (χ2n) is 7.73. The zero-order valence-electron chi connectivity index (χ0n) is 17.5. The average molecular weight is 465 g/mol. The summed E-state index contributed by atoms with van der Waals surface area (Å²) in [6.45, 7) is 5.45. The number of carbonyl (C=O) groups excluding carboxylic acids is 2. The van der Waals surface area contributed by atoms with Crippen LogP contribution in [0.2, 0.25) is 5.02 Å². The van der Waals surface area contributed by atoms with E-state index in [1.165, 1.54) is 0 Å². The first-order valence-electron chi connectivity index (χ1n) is 9.55. The molecule has 1 atom stereocenters. The van der Waals surface area contributed by atoms with Gasteiger partial charge in [-0.3, -0.25) is 9.59 Å². The van der Waals surface area contributed by atoms with E-state index < -0.39 is 22.9 Å². The summed E-state index contributed by atoms with van der Waals surface area (Å²) in [5.74, 6) is -1.29. The maximum atomic E-state index is 12.3. The summed E-state index contributed by atoms with van der Waals surface area (Å²) in [5.41, 5.74) is 0.627. The van der Waals surface area contributed by atoms with E-state index in [1.807, 2.05) is 20.8 Å². The smallest absolute Gasteiger partial charge is 0.407 e. The van der Waals surface area contributed by atoms with Gasteiger partial charge in [0.25, 0.3) is 5.91 Å². The molecule has 2 aromatic rings. The van der Waals surface area contributed by atoms with Crippen molar-refractivity contribution in [2.75, 3.05) is 11.9 Å². The van der Waals surface area contributed by atoms with Crippen LogP contribution in [0.4, 0.5) is 10.5 Å². The van der Waals surface area contributed by atoms with E-state index in [2.05, 4.69) is 10.6 Å². The van der Waals surface area contributed by atoms with Crippen LogP contribution in [0.3, 0.4) is 0 Å². The Balaban J connectivity index is 1.89. The number of benzene rings is 2. The number of hydrogen-bond donors (Lipinski definition) is 3. The van der Waals surface area contributed by atoms with Crippen LogP contribution in [-0.4, -0.2) is 40.5 Å². The Morgan fingerprint density at radius 1 is 1.06 bits per heavy atom. The van der Waals surface area contributed by atoms with Crippen molar-refractivity contribution in [3.63, 3.8) is 0 Å². The number of carboxylic acids is 1. The molecule has 2 aromatic carbocycles. The van der Waals surface area contributed by atoms with E-state index in [-0.39, 0.29) is 18.9 Å². The summed E-state index contributed by atoms with van der Waals surface area (Å²) >= 11 is 6.96. The van der Waals surface area contributed by atoms with Gasteiger partial charge in [-0.25, -0.2) is 4.79 Å². The third kappa shape index (κ3) is 8.90. The van der Waals surface area contributed by atoms with E-state index in [0.29, 0.717) is 21.2 Å². The van der Waals surface area contributed by atoms with E-state index in [9.17, 15) is 19.5 Å². The zero-order chi connectivity index (χ0) is 23.0. The van der Waals surface area contributed by atoms with E-state index in [0.717, 1.165) is 11.8 Å². The lowest BCUT2D eigenvalue weighted by Gasteiger charge is -2.20. The van der Waals surface area contributed by atoms with Crippen molar-refractivity contribution in [1.82, 2.24) is 5.32 Å². The minimum atomic E-state index is -1.01. The average Bonchev–Trinajstić information content (AvgIpc) is 2.68. The fraction of sp³-hybridized carbons (Fsp3) is 0.318. The van der Waals surface area contributed by atoms with Crippen LogP contribution in [0.1, 0.15) is 37.6 Å². The molecular weight excluding hydrogens is 440 g/mol. The molecule has 0 heterocycles. The highest BCUT2D eigenvalue weighted by Crippen LogP contribution is 2.26. The van der Waals surface area contributed by atoms with Gasteiger partial charge in [-0.05, 0) is 69.3 Å². The minimum absolute atomic E-state index is 0.0204. The number of carbonyl (C=O) groups is 3. The van der Waals surface area contributed by atoms with Gasteiger partial charge >= 0.3 is 12.1 Å². The number of nitrogens with one attached hydrogen (secondary N) is 2. The molecule has 0 saturated carbocycles. The minimum Gasteiger partial charge on any atom is -0.480 e. The van der Waals surface area contributed by atoms with Crippen molar-refractivity contribution in [3.05, 3.63) is 59.1 Å². The maximum absolute atomic E-state index is 12.3. The third-order valence-corrected chi connectivity index (χ3v) is 5.38. The monoisotopic (exact) mass is 464 g/mol. The summed E-state index contributed by atoms with van der Waals surface area (Å²) in [6, 6.07) is 13.4. The first-order valence-corrected chi connectivity index (χ1v) is 10.8. The van der Waals surface area contributed by atoms with Gasteiger partial charge in [-0.2, -0.15) is 0 Å². The summed E-state index contributed by atoms with van der Waals surface area (Å²) in [6.07, 6.45) is -0.436. The Morgan fingerprint density at radius 2 is 1.68 bits per heavy atom. The fourth-order valence-electron chi connectivity index (χ4n) is 2.42. The van der Waals surface area contributed by atoms with Crippen LogP contribution in [0, 0.1) is 0 Å². The quantitative estimate of drug-likeness (QED) is 0.472. The van der Waals surface area contributed by atoms with Crippen molar-refractivity contribution in [2.24, 2.45) is 0 Å². The highest BCUT2D eigenvalue weighted by atomic mass is 35.5. The first kappa shape index (κ1) is 24.6. The molecule has 0 saturated heterocycles. The van der Waals surface area contributed by atoms with Crippen molar-refractivity contribution in [1.29, 1.82) is 0 Å². The second kappa shape index (κ2) is 11.1. The van der Waals surface area contributed by atoms with Gasteiger partial charge in [0.1, 0.15) is 5.25 Å². The van der Waals surface area contributed by atoms with Gasteiger partial charge in [0, 0.05) is 33.1 Å². The lowest BCUT2D eigenvalue weighted by Crippen LogP contribution is -2.41. The number of carboxylic acid groups (broad SMARTS) is 1. The van der Waals surface area contributed by atoms with Gasteiger partial charge in [-0.15, -0.1) is 11.8 Å². The van der Waals surface area contributed by atoms with Gasteiger partial charge < -0.3 is 20.5 Å². The summed E-state index contributed by atoms with van der Waals surface area (Å²) in [7, 11) is 0. The Labute approximate surface area is 190 Å². The molecule has 0 radical (unpaired) electrons. The Bertz CT molecular complexity index is 911. The molecule has 1 unspecified atom stereocenters. The van der Waals surface area contributed by atoms with Gasteiger partial charge in [-0.1, -0.05) is 11.6 Å². The Kier molecular flexibility index (Phi) is 8.76. The molecule has 0 aliphatic carbocycles. The van der Waals surface area contributed by atoms with E-state index >= 15 is 0 Å². The topological polar surface area (TPSA) is 105 Å².